The van der Waals surface area contributed by atoms with Crippen molar-refractivity contribution in [1.29, 1.82) is 0 Å². The lowest BCUT2D eigenvalue weighted by atomic mass is 9.83. The van der Waals surface area contributed by atoms with E-state index >= 15 is 0 Å². The average Bonchev–Trinajstić information content (AvgIpc) is 3.54. The summed E-state index contributed by atoms with van der Waals surface area (Å²) in [4.78, 5) is 25.0. The highest BCUT2D eigenvalue weighted by molar-refractivity contribution is 7.95. The minimum absolute atomic E-state index is 0.0609. The molecule has 0 atom stereocenters. The van der Waals surface area contributed by atoms with E-state index in [1.165, 1.54) is 24.3 Å². The number of hydrogen-bond donors (Lipinski definition) is 0. The topological polar surface area (TPSA) is 86.7 Å². The van der Waals surface area contributed by atoms with E-state index in [0.717, 1.165) is 27.1 Å². The van der Waals surface area contributed by atoms with Gasteiger partial charge in [0.2, 0.25) is 9.84 Å². The van der Waals surface area contributed by atoms with E-state index in [1.54, 1.807) is 31.2 Å². The Morgan fingerprint density at radius 1 is 1.14 bits per heavy atom. The summed E-state index contributed by atoms with van der Waals surface area (Å²) in [5, 5.41) is 0. The first kappa shape index (κ1) is 21.7. The molecule has 1 fully saturated rings. The monoisotopic (exact) mass is 404 g/mol. The van der Waals surface area contributed by atoms with Crippen LogP contribution in [-0.2, 0) is 28.9 Å². The zero-order valence-corrected chi connectivity index (χ0v) is 17.0. The molecule has 1 aliphatic rings. The van der Waals surface area contributed by atoms with Gasteiger partial charge in [-0.25, -0.2) is 8.42 Å². The lowest BCUT2D eigenvalue weighted by Crippen LogP contribution is -2.40. The molecule has 6 nitrogen and oxygen atoms in total. The molecule has 0 N–H and O–H groups in total. The lowest BCUT2D eigenvalue weighted by molar-refractivity contribution is -0.164. The molecule has 28 heavy (non-hydrogen) atoms. The first-order valence-corrected chi connectivity index (χ1v) is 10.4. The van der Waals surface area contributed by atoms with E-state index in [0.29, 0.717) is 0 Å². The molecule has 0 saturated heterocycles. The second-order valence-electron chi connectivity index (χ2n) is 6.52. The normalized spacial score (nSPS) is 14.2. The highest BCUT2D eigenvalue weighted by atomic mass is 32.2. The number of hydrogen-bond acceptors (Lipinski definition) is 6. The molecular weight excluding hydrogens is 380 g/mol. The van der Waals surface area contributed by atoms with Gasteiger partial charge in [0.1, 0.15) is 0 Å². The van der Waals surface area contributed by atoms with E-state index in [1.807, 2.05) is 0 Å². The van der Waals surface area contributed by atoms with Crippen LogP contribution in [0, 0.1) is 11.3 Å². The summed E-state index contributed by atoms with van der Waals surface area (Å²) in [6.07, 6.45) is 5.95. The zero-order valence-electron chi connectivity index (χ0n) is 16.2. The molecule has 7 heteroatoms. The van der Waals surface area contributed by atoms with Crippen LogP contribution >= 0.6 is 0 Å². The van der Waals surface area contributed by atoms with Crippen molar-refractivity contribution in [2.75, 3.05) is 14.2 Å². The van der Waals surface area contributed by atoms with Crippen LogP contribution in [0.1, 0.15) is 26.2 Å². The molecule has 2 rings (SSSR count). The van der Waals surface area contributed by atoms with Crippen molar-refractivity contribution >= 4 is 21.8 Å². The zero-order chi connectivity index (χ0) is 20.8. The quantitative estimate of drug-likeness (QED) is 0.286. The molecule has 150 valence electrons. The molecule has 0 radical (unpaired) electrons. The second-order valence-corrected chi connectivity index (χ2v) is 8.49. The number of benzene rings is 1. The van der Waals surface area contributed by atoms with Gasteiger partial charge in [0, 0.05) is 6.42 Å². The Labute approximate surface area is 165 Å². The smallest absolute Gasteiger partial charge is 0.327 e. The molecule has 1 saturated carbocycles. The Balaban J connectivity index is 2.64. The predicted octanol–water partition coefficient (Wildman–Crippen LogP) is 3.21. The second kappa shape index (κ2) is 9.04. The molecular formula is C21H24O6S. The van der Waals surface area contributed by atoms with Gasteiger partial charge >= 0.3 is 11.9 Å². The van der Waals surface area contributed by atoms with Gasteiger partial charge in [-0.1, -0.05) is 30.4 Å². The van der Waals surface area contributed by atoms with E-state index in [4.69, 9.17) is 9.47 Å². The molecule has 1 aliphatic carbocycles. The molecule has 0 spiro atoms. The van der Waals surface area contributed by atoms with Crippen molar-refractivity contribution in [1.82, 2.24) is 0 Å². The number of allylic oxidation sites excluding steroid dienone is 2. The third kappa shape index (κ3) is 4.61. The van der Waals surface area contributed by atoms with Gasteiger partial charge < -0.3 is 9.47 Å². The minimum atomic E-state index is -3.98. The van der Waals surface area contributed by atoms with Gasteiger partial charge in [-0.05, 0) is 43.9 Å². The number of carbonyl (C=O) groups excluding carboxylic acids is 2. The highest BCUT2D eigenvalue weighted by Gasteiger charge is 2.48. The number of methoxy groups -OCH3 is 2. The summed E-state index contributed by atoms with van der Waals surface area (Å²) in [6.45, 7) is 1.62. The Morgan fingerprint density at radius 2 is 1.71 bits per heavy atom. The fourth-order valence-corrected chi connectivity index (χ4v) is 4.20. The van der Waals surface area contributed by atoms with E-state index in [2.05, 4.69) is 5.73 Å². The van der Waals surface area contributed by atoms with Crippen LogP contribution in [0.4, 0.5) is 0 Å². The minimum Gasteiger partial charge on any atom is -0.468 e. The third-order valence-electron chi connectivity index (χ3n) is 4.47. The van der Waals surface area contributed by atoms with Crippen LogP contribution in [0.2, 0.25) is 0 Å². The molecule has 0 aromatic heterocycles. The maximum atomic E-state index is 13.2. The Hall–Kier alpha value is -2.63. The van der Waals surface area contributed by atoms with E-state index in [-0.39, 0.29) is 15.7 Å². The first-order valence-electron chi connectivity index (χ1n) is 8.88. The number of esters is 2. The summed E-state index contributed by atoms with van der Waals surface area (Å²) >= 11 is 0. The lowest BCUT2D eigenvalue weighted by Gasteiger charge is -2.25. The summed E-state index contributed by atoms with van der Waals surface area (Å²) in [7, 11) is -1.70. The average molecular weight is 404 g/mol. The largest absolute Gasteiger partial charge is 0.468 e. The van der Waals surface area contributed by atoms with Gasteiger partial charge in [-0.3, -0.25) is 9.59 Å². The molecule has 0 amide bonds. The van der Waals surface area contributed by atoms with Crippen LogP contribution < -0.4 is 0 Å². The molecule has 0 aliphatic heterocycles. The first-order chi connectivity index (χ1) is 13.3. The van der Waals surface area contributed by atoms with Crippen LogP contribution in [0.15, 0.2) is 64.1 Å². The fraction of sp³-hybridized carbons (Fsp3) is 0.381. The van der Waals surface area contributed by atoms with Crippen molar-refractivity contribution in [3.05, 3.63) is 59.2 Å². The van der Waals surface area contributed by atoms with Gasteiger partial charge in [-0.15, -0.1) is 5.73 Å². The molecule has 1 aromatic carbocycles. The molecule has 1 aromatic rings. The maximum Gasteiger partial charge on any atom is 0.327 e. The summed E-state index contributed by atoms with van der Waals surface area (Å²) in [6, 6.07) is 7.84. The molecule has 0 heterocycles. The Kier molecular flexibility index (Phi) is 7.00. The van der Waals surface area contributed by atoms with Gasteiger partial charge in [0.25, 0.3) is 0 Å². The van der Waals surface area contributed by atoms with E-state index < -0.39 is 33.6 Å². The Bertz CT molecular complexity index is 901. The van der Waals surface area contributed by atoms with Crippen LogP contribution in [0.3, 0.4) is 0 Å². The molecule has 0 bridgehead atoms. The molecule has 0 unspecified atom stereocenters. The SMILES string of the molecule is C/C=C/C(CC(=C=CC1CC1)S(=O)(=O)c1ccccc1)(C(=O)OC)C(=O)OC. The summed E-state index contributed by atoms with van der Waals surface area (Å²) in [5.74, 6) is -1.54. The summed E-state index contributed by atoms with van der Waals surface area (Å²) < 4.78 is 36.1. The number of rotatable bonds is 8. The number of sulfone groups is 1. The predicted molar refractivity (Wildman–Crippen MR) is 104 cm³/mol. The van der Waals surface area contributed by atoms with Crippen LogP contribution in [-0.4, -0.2) is 34.6 Å². The number of carbonyl (C=O) groups is 2. The van der Waals surface area contributed by atoms with Gasteiger partial charge in [0.05, 0.1) is 24.0 Å². The van der Waals surface area contributed by atoms with Crippen molar-refractivity contribution < 1.29 is 27.5 Å². The van der Waals surface area contributed by atoms with Crippen LogP contribution in [0.25, 0.3) is 0 Å². The van der Waals surface area contributed by atoms with Crippen LogP contribution in [0.5, 0.6) is 0 Å². The third-order valence-corrected chi connectivity index (χ3v) is 6.27. The van der Waals surface area contributed by atoms with Crippen molar-refractivity contribution in [3.63, 3.8) is 0 Å². The van der Waals surface area contributed by atoms with Gasteiger partial charge in [-0.2, -0.15) is 0 Å². The Morgan fingerprint density at radius 3 is 2.18 bits per heavy atom. The highest BCUT2D eigenvalue weighted by Crippen LogP contribution is 2.36. The van der Waals surface area contributed by atoms with E-state index in [9.17, 15) is 18.0 Å². The van der Waals surface area contributed by atoms with Crippen molar-refractivity contribution in [2.24, 2.45) is 11.3 Å². The standard InChI is InChI=1S/C21H24O6S/c1-4-14-21(19(22)26-2,20(23)27-3)15-18(13-12-16-10-11-16)28(24,25)17-8-6-5-7-9-17/h4-9,12,14,16H,10-11,15H2,1-3H3/b14-4+. The summed E-state index contributed by atoms with van der Waals surface area (Å²) in [5.41, 5.74) is 0.929. The fourth-order valence-electron chi connectivity index (χ4n) is 2.76. The van der Waals surface area contributed by atoms with Crippen molar-refractivity contribution in [3.8, 4) is 0 Å². The maximum absolute atomic E-state index is 13.2. The van der Waals surface area contributed by atoms with Crippen molar-refractivity contribution in [2.45, 2.75) is 31.1 Å². The number of ether oxygens (including phenoxy) is 2. The van der Waals surface area contributed by atoms with Gasteiger partial charge in [0.15, 0.2) is 5.41 Å².